The Kier molecular flexibility index (Phi) is 5.05. The molecule has 0 aliphatic heterocycles. The highest BCUT2D eigenvalue weighted by molar-refractivity contribution is 8.00. The van der Waals surface area contributed by atoms with Crippen LogP contribution < -0.4 is 5.32 Å². The fraction of sp³-hybridized carbons (Fsp3) is 0.615. The molecule has 0 aromatic carbocycles. The average molecular weight is 305 g/mol. The third-order valence-electron chi connectivity index (χ3n) is 3.30. The number of hydrogen-bond acceptors (Lipinski definition) is 3. The van der Waals surface area contributed by atoms with E-state index in [0.717, 1.165) is 10.9 Å². The fourth-order valence-corrected chi connectivity index (χ4v) is 4.28. The van der Waals surface area contributed by atoms with Crippen LogP contribution in [0.1, 0.15) is 32.6 Å². The van der Waals surface area contributed by atoms with Crippen molar-refractivity contribution in [3.63, 3.8) is 0 Å². The highest BCUT2D eigenvalue weighted by Crippen LogP contribution is 2.39. The zero-order valence-corrected chi connectivity index (χ0v) is 13.0. The maximum atomic E-state index is 6.22. The summed E-state index contributed by atoms with van der Waals surface area (Å²) in [6, 6.07) is 1.77. The second kappa shape index (κ2) is 6.36. The number of anilines is 1. The molecule has 1 saturated carbocycles. The number of hydrogen-bond donors (Lipinski definition) is 1. The topological polar surface area (TPSA) is 24.9 Å². The zero-order valence-electron chi connectivity index (χ0n) is 10.7. The third kappa shape index (κ3) is 3.46. The SMILES string of the molecule is CNc1nc(SC2CCCC(C)C2)c(Cl)cc1Cl. The highest BCUT2D eigenvalue weighted by Gasteiger charge is 2.21. The van der Waals surface area contributed by atoms with Crippen LogP contribution in [0.4, 0.5) is 5.82 Å². The summed E-state index contributed by atoms with van der Waals surface area (Å²) in [7, 11) is 1.82. The first kappa shape index (κ1) is 14.3. The summed E-state index contributed by atoms with van der Waals surface area (Å²) in [5.41, 5.74) is 0. The first-order valence-corrected chi connectivity index (χ1v) is 7.94. The molecule has 18 heavy (non-hydrogen) atoms. The minimum Gasteiger partial charge on any atom is -0.372 e. The Morgan fingerprint density at radius 3 is 2.78 bits per heavy atom. The van der Waals surface area contributed by atoms with Crippen LogP contribution in [0.15, 0.2) is 11.1 Å². The quantitative estimate of drug-likeness (QED) is 0.841. The van der Waals surface area contributed by atoms with Gasteiger partial charge in [0.05, 0.1) is 10.0 Å². The van der Waals surface area contributed by atoms with Crippen molar-refractivity contribution in [2.45, 2.75) is 42.9 Å². The molecule has 1 aromatic heterocycles. The van der Waals surface area contributed by atoms with Crippen molar-refractivity contribution >= 4 is 40.8 Å². The molecule has 2 unspecified atom stereocenters. The number of thioether (sulfide) groups is 1. The van der Waals surface area contributed by atoms with Gasteiger partial charge < -0.3 is 5.32 Å². The molecule has 1 aromatic rings. The van der Waals surface area contributed by atoms with E-state index in [1.807, 2.05) is 7.05 Å². The number of halogens is 2. The molecule has 100 valence electrons. The molecule has 0 spiro atoms. The summed E-state index contributed by atoms with van der Waals surface area (Å²) in [6.07, 6.45) is 5.16. The van der Waals surface area contributed by atoms with E-state index in [4.69, 9.17) is 23.2 Å². The zero-order chi connectivity index (χ0) is 13.1. The molecule has 0 bridgehead atoms. The molecule has 1 heterocycles. The first-order chi connectivity index (χ1) is 8.60. The summed E-state index contributed by atoms with van der Waals surface area (Å²) in [5, 5.41) is 5.74. The summed E-state index contributed by atoms with van der Waals surface area (Å²) in [6.45, 7) is 2.32. The molecule has 1 aliphatic rings. The molecule has 2 nitrogen and oxygen atoms in total. The van der Waals surface area contributed by atoms with Gasteiger partial charge in [0, 0.05) is 12.3 Å². The van der Waals surface area contributed by atoms with E-state index < -0.39 is 0 Å². The van der Waals surface area contributed by atoms with Crippen LogP contribution in [0.5, 0.6) is 0 Å². The van der Waals surface area contributed by atoms with Gasteiger partial charge >= 0.3 is 0 Å². The monoisotopic (exact) mass is 304 g/mol. The smallest absolute Gasteiger partial charge is 0.145 e. The van der Waals surface area contributed by atoms with Crippen molar-refractivity contribution in [2.75, 3.05) is 12.4 Å². The van der Waals surface area contributed by atoms with Crippen molar-refractivity contribution in [3.05, 3.63) is 16.1 Å². The van der Waals surface area contributed by atoms with Crippen LogP contribution in [0.2, 0.25) is 10.0 Å². The van der Waals surface area contributed by atoms with E-state index in [9.17, 15) is 0 Å². The van der Waals surface area contributed by atoms with Crippen LogP contribution in [-0.2, 0) is 0 Å². The van der Waals surface area contributed by atoms with E-state index in [1.165, 1.54) is 25.7 Å². The second-order valence-corrected chi connectivity index (χ2v) is 6.97. The van der Waals surface area contributed by atoms with Crippen molar-refractivity contribution < 1.29 is 0 Å². The van der Waals surface area contributed by atoms with Crippen molar-refractivity contribution in [1.82, 2.24) is 4.98 Å². The molecule has 1 fully saturated rings. The lowest BCUT2D eigenvalue weighted by molar-refractivity contribution is 0.394. The van der Waals surface area contributed by atoms with E-state index in [2.05, 4.69) is 17.2 Å². The molecule has 0 amide bonds. The van der Waals surface area contributed by atoms with Crippen LogP contribution in [0.3, 0.4) is 0 Å². The van der Waals surface area contributed by atoms with Crippen LogP contribution >= 0.6 is 35.0 Å². The fourth-order valence-electron chi connectivity index (χ4n) is 2.35. The Balaban J connectivity index is 2.13. The lowest BCUT2D eigenvalue weighted by atomic mass is 9.91. The van der Waals surface area contributed by atoms with Gasteiger partial charge in [0.15, 0.2) is 0 Å². The molecular weight excluding hydrogens is 287 g/mol. The van der Waals surface area contributed by atoms with E-state index in [-0.39, 0.29) is 0 Å². The average Bonchev–Trinajstić information content (AvgIpc) is 2.33. The van der Waals surface area contributed by atoms with E-state index in [0.29, 0.717) is 21.1 Å². The lowest BCUT2D eigenvalue weighted by Crippen LogP contribution is -2.15. The molecular formula is C13H18Cl2N2S. The van der Waals surface area contributed by atoms with Crippen LogP contribution in [-0.4, -0.2) is 17.3 Å². The highest BCUT2D eigenvalue weighted by atomic mass is 35.5. The normalized spacial score (nSPS) is 24.0. The Bertz CT molecular complexity index is 426. The van der Waals surface area contributed by atoms with Gasteiger partial charge in [-0.3, -0.25) is 0 Å². The van der Waals surface area contributed by atoms with Crippen molar-refractivity contribution in [2.24, 2.45) is 5.92 Å². The number of aromatic nitrogens is 1. The van der Waals surface area contributed by atoms with Gasteiger partial charge in [-0.15, -0.1) is 11.8 Å². The van der Waals surface area contributed by atoms with Gasteiger partial charge in [-0.1, -0.05) is 43.0 Å². The van der Waals surface area contributed by atoms with Crippen LogP contribution in [0, 0.1) is 5.92 Å². The van der Waals surface area contributed by atoms with Gasteiger partial charge in [0.1, 0.15) is 10.8 Å². The van der Waals surface area contributed by atoms with Gasteiger partial charge in [-0.25, -0.2) is 4.98 Å². The summed E-state index contributed by atoms with van der Waals surface area (Å²) >= 11 is 14.1. The van der Waals surface area contributed by atoms with Crippen LogP contribution in [0.25, 0.3) is 0 Å². The Labute approximate surface area is 123 Å². The Morgan fingerprint density at radius 1 is 1.33 bits per heavy atom. The molecule has 0 radical (unpaired) electrons. The molecule has 1 aliphatic carbocycles. The maximum Gasteiger partial charge on any atom is 0.145 e. The molecule has 1 N–H and O–H groups in total. The first-order valence-electron chi connectivity index (χ1n) is 6.30. The Morgan fingerprint density at radius 2 is 2.11 bits per heavy atom. The van der Waals surface area contributed by atoms with Gasteiger partial charge in [0.2, 0.25) is 0 Å². The van der Waals surface area contributed by atoms with Gasteiger partial charge in [0.25, 0.3) is 0 Å². The van der Waals surface area contributed by atoms with E-state index in [1.54, 1.807) is 17.8 Å². The molecule has 5 heteroatoms. The number of rotatable bonds is 3. The predicted molar refractivity (Wildman–Crippen MR) is 81.1 cm³/mol. The molecule has 2 atom stereocenters. The minimum atomic E-state index is 0.573. The number of nitrogens with zero attached hydrogens (tertiary/aromatic N) is 1. The van der Waals surface area contributed by atoms with Crippen molar-refractivity contribution in [3.8, 4) is 0 Å². The second-order valence-electron chi connectivity index (χ2n) is 4.87. The summed E-state index contributed by atoms with van der Waals surface area (Å²) in [4.78, 5) is 4.50. The summed E-state index contributed by atoms with van der Waals surface area (Å²) in [5.74, 6) is 1.51. The largest absolute Gasteiger partial charge is 0.372 e. The standard InChI is InChI=1S/C13H18Cl2N2S/c1-8-4-3-5-9(6-8)18-13-11(15)7-10(14)12(16-2)17-13/h7-9H,3-6H2,1-2H3,(H,16,17). The molecule has 2 rings (SSSR count). The maximum absolute atomic E-state index is 6.22. The Hall–Kier alpha value is -0.120. The minimum absolute atomic E-state index is 0.573. The number of pyridine rings is 1. The van der Waals surface area contributed by atoms with Crippen molar-refractivity contribution in [1.29, 1.82) is 0 Å². The van der Waals surface area contributed by atoms with Gasteiger partial charge in [-0.2, -0.15) is 0 Å². The van der Waals surface area contributed by atoms with E-state index >= 15 is 0 Å². The third-order valence-corrected chi connectivity index (χ3v) is 5.28. The van der Waals surface area contributed by atoms with Gasteiger partial charge in [-0.05, 0) is 24.8 Å². The predicted octanol–water partition coefficient (Wildman–Crippen LogP) is 5.10. The lowest BCUT2D eigenvalue weighted by Gasteiger charge is -2.26. The molecule has 0 saturated heterocycles. The number of nitrogens with one attached hydrogen (secondary N) is 1. The summed E-state index contributed by atoms with van der Waals surface area (Å²) < 4.78 is 0.